The maximum Gasteiger partial charge on any atom is 0.411 e. The fourth-order valence-electron chi connectivity index (χ4n) is 1.15. The van der Waals surface area contributed by atoms with E-state index in [9.17, 15) is 4.79 Å². The zero-order valence-electron chi connectivity index (χ0n) is 8.53. The van der Waals surface area contributed by atoms with Crippen molar-refractivity contribution in [3.8, 4) is 0 Å². The Hall–Kier alpha value is -1.59. The maximum absolute atomic E-state index is 10.9. The van der Waals surface area contributed by atoms with Crippen molar-refractivity contribution in [1.82, 2.24) is 0 Å². The normalized spacial score (nSPS) is 9.73. The summed E-state index contributed by atoms with van der Waals surface area (Å²) < 4.78 is 4.48. The lowest BCUT2D eigenvalue weighted by Gasteiger charge is -2.05. The van der Waals surface area contributed by atoms with E-state index in [0.717, 1.165) is 5.56 Å². The van der Waals surface area contributed by atoms with Crippen molar-refractivity contribution in [3.63, 3.8) is 0 Å². The summed E-state index contributed by atoms with van der Waals surface area (Å²) in [6.07, 6.45) is 0.218. The summed E-state index contributed by atoms with van der Waals surface area (Å²) in [6, 6.07) is 7.40. The molecule has 15 heavy (non-hydrogen) atoms. The molecule has 0 unspecified atom stereocenters. The Kier molecular flexibility index (Phi) is 4.59. The highest BCUT2D eigenvalue weighted by Crippen LogP contribution is 2.11. The summed E-state index contributed by atoms with van der Waals surface area (Å²) >= 11 is 0. The van der Waals surface area contributed by atoms with Crippen LogP contribution in [0, 0.1) is 0 Å². The van der Waals surface area contributed by atoms with Crippen LogP contribution < -0.4 is 11.2 Å². The van der Waals surface area contributed by atoms with E-state index >= 15 is 0 Å². The van der Waals surface area contributed by atoms with Gasteiger partial charge >= 0.3 is 6.09 Å². The van der Waals surface area contributed by atoms with Gasteiger partial charge in [0.1, 0.15) is 0 Å². The Morgan fingerprint density at radius 1 is 1.53 bits per heavy atom. The van der Waals surface area contributed by atoms with Gasteiger partial charge in [0.2, 0.25) is 0 Å². The highest BCUT2D eigenvalue weighted by Gasteiger charge is 2.01. The number of rotatable bonds is 4. The van der Waals surface area contributed by atoms with Crippen molar-refractivity contribution in [2.24, 2.45) is 5.90 Å². The molecule has 1 aromatic rings. The Morgan fingerprint density at radius 2 is 2.33 bits per heavy atom. The zero-order chi connectivity index (χ0) is 11.1. The Morgan fingerprint density at radius 3 is 3.00 bits per heavy atom. The molecule has 0 bridgehead atoms. The van der Waals surface area contributed by atoms with Gasteiger partial charge in [-0.1, -0.05) is 12.1 Å². The lowest BCUT2D eigenvalue weighted by Crippen LogP contribution is -2.11. The van der Waals surface area contributed by atoms with Crippen molar-refractivity contribution in [2.75, 3.05) is 19.0 Å². The minimum atomic E-state index is -0.484. The average Bonchev–Trinajstić information content (AvgIpc) is 2.26. The first-order valence-electron chi connectivity index (χ1n) is 4.52. The molecule has 0 saturated heterocycles. The molecule has 0 aliphatic rings. The number of hydrogen-bond acceptors (Lipinski definition) is 4. The number of carbonyl (C=O) groups excluding carboxylic acids is 1. The minimum absolute atomic E-state index is 0.446. The van der Waals surface area contributed by atoms with Crippen LogP contribution in [-0.4, -0.2) is 19.8 Å². The lowest BCUT2D eigenvalue weighted by molar-refractivity contribution is 0.141. The number of hydrogen-bond donors (Lipinski definition) is 2. The SMILES string of the molecule is COC(=O)Nc1cccc(CCON)c1. The molecule has 0 atom stereocenters. The van der Waals surface area contributed by atoms with Crippen LogP contribution in [0.15, 0.2) is 24.3 Å². The number of carbonyl (C=O) groups is 1. The molecule has 0 heterocycles. The topological polar surface area (TPSA) is 73.6 Å². The lowest BCUT2D eigenvalue weighted by atomic mass is 10.1. The second-order valence-electron chi connectivity index (χ2n) is 2.94. The van der Waals surface area contributed by atoms with Crippen molar-refractivity contribution in [3.05, 3.63) is 29.8 Å². The molecular formula is C10H14N2O3. The molecular weight excluding hydrogens is 196 g/mol. The van der Waals surface area contributed by atoms with E-state index in [1.165, 1.54) is 7.11 Å². The molecule has 0 saturated carbocycles. The maximum atomic E-state index is 10.9. The molecule has 5 nitrogen and oxygen atoms in total. The van der Waals surface area contributed by atoms with Crippen LogP contribution in [0.5, 0.6) is 0 Å². The standard InChI is InChI=1S/C10H14N2O3/c1-14-10(13)12-9-4-2-3-8(7-9)5-6-15-11/h2-4,7H,5-6,11H2,1H3,(H,12,13). The van der Waals surface area contributed by atoms with Crippen molar-refractivity contribution in [2.45, 2.75) is 6.42 Å². The molecule has 0 radical (unpaired) electrons. The Labute approximate surface area is 88.1 Å². The highest BCUT2D eigenvalue weighted by atomic mass is 16.6. The summed E-state index contributed by atoms with van der Waals surface area (Å²) in [5, 5.41) is 2.58. The number of anilines is 1. The van der Waals surface area contributed by atoms with Gasteiger partial charge in [0.05, 0.1) is 13.7 Å². The first-order chi connectivity index (χ1) is 7.26. The summed E-state index contributed by atoms with van der Waals surface area (Å²) in [5.41, 5.74) is 1.73. The molecule has 1 amide bonds. The van der Waals surface area contributed by atoms with Crippen LogP contribution in [-0.2, 0) is 16.0 Å². The van der Waals surface area contributed by atoms with E-state index in [1.807, 2.05) is 18.2 Å². The van der Waals surface area contributed by atoms with E-state index in [0.29, 0.717) is 18.7 Å². The predicted octanol–water partition coefficient (Wildman–Crippen LogP) is 1.30. The van der Waals surface area contributed by atoms with E-state index in [2.05, 4.69) is 14.9 Å². The van der Waals surface area contributed by atoms with Crippen LogP contribution in [0.2, 0.25) is 0 Å². The first-order valence-corrected chi connectivity index (χ1v) is 4.52. The largest absolute Gasteiger partial charge is 0.453 e. The van der Waals surface area contributed by atoms with Gasteiger partial charge in [-0.2, -0.15) is 0 Å². The first kappa shape index (κ1) is 11.5. The molecule has 82 valence electrons. The zero-order valence-corrected chi connectivity index (χ0v) is 8.53. The van der Waals surface area contributed by atoms with Gasteiger partial charge in [0.15, 0.2) is 0 Å². The third kappa shape index (κ3) is 3.97. The van der Waals surface area contributed by atoms with Gasteiger partial charge in [-0.05, 0) is 24.1 Å². The predicted molar refractivity (Wildman–Crippen MR) is 56.3 cm³/mol. The molecule has 3 N–H and O–H groups in total. The average molecular weight is 210 g/mol. The summed E-state index contributed by atoms with van der Waals surface area (Å²) in [4.78, 5) is 15.4. The second-order valence-corrected chi connectivity index (χ2v) is 2.94. The molecule has 1 aromatic carbocycles. The Bertz CT molecular complexity index is 328. The number of ether oxygens (including phenoxy) is 1. The smallest absolute Gasteiger partial charge is 0.411 e. The molecule has 0 aliphatic carbocycles. The van der Waals surface area contributed by atoms with E-state index in [-0.39, 0.29) is 0 Å². The van der Waals surface area contributed by atoms with Crippen LogP contribution in [0.25, 0.3) is 0 Å². The van der Waals surface area contributed by atoms with E-state index in [1.54, 1.807) is 6.07 Å². The van der Waals surface area contributed by atoms with Gasteiger partial charge in [-0.3, -0.25) is 5.32 Å². The van der Waals surface area contributed by atoms with Crippen molar-refractivity contribution < 1.29 is 14.4 Å². The number of nitrogens with one attached hydrogen (secondary N) is 1. The molecule has 5 heteroatoms. The van der Waals surface area contributed by atoms with Gasteiger partial charge in [-0.25, -0.2) is 10.7 Å². The van der Waals surface area contributed by atoms with Crippen LogP contribution in [0.3, 0.4) is 0 Å². The van der Waals surface area contributed by atoms with Crippen LogP contribution in [0.4, 0.5) is 10.5 Å². The van der Waals surface area contributed by atoms with Gasteiger partial charge in [-0.15, -0.1) is 0 Å². The Balaban J connectivity index is 2.61. The summed E-state index contributed by atoms with van der Waals surface area (Å²) in [5.74, 6) is 4.93. The molecule has 0 aliphatic heterocycles. The fraction of sp³-hybridized carbons (Fsp3) is 0.300. The van der Waals surface area contributed by atoms with Crippen LogP contribution in [0.1, 0.15) is 5.56 Å². The quantitative estimate of drug-likeness (QED) is 0.734. The van der Waals surface area contributed by atoms with Gasteiger partial charge in [0, 0.05) is 5.69 Å². The third-order valence-electron chi connectivity index (χ3n) is 1.87. The summed E-state index contributed by atoms with van der Waals surface area (Å²) in [6.45, 7) is 0.446. The molecule has 0 fully saturated rings. The second kappa shape index (κ2) is 6.00. The molecule has 0 aromatic heterocycles. The van der Waals surface area contributed by atoms with Crippen LogP contribution >= 0.6 is 0 Å². The van der Waals surface area contributed by atoms with E-state index < -0.39 is 6.09 Å². The third-order valence-corrected chi connectivity index (χ3v) is 1.87. The summed E-state index contributed by atoms with van der Waals surface area (Å²) in [7, 11) is 1.32. The number of benzene rings is 1. The van der Waals surface area contributed by atoms with Crippen molar-refractivity contribution in [1.29, 1.82) is 0 Å². The highest BCUT2D eigenvalue weighted by molar-refractivity contribution is 5.84. The van der Waals surface area contributed by atoms with Gasteiger partial charge in [0.25, 0.3) is 0 Å². The van der Waals surface area contributed by atoms with Gasteiger partial charge < -0.3 is 9.57 Å². The minimum Gasteiger partial charge on any atom is -0.453 e. The van der Waals surface area contributed by atoms with E-state index in [4.69, 9.17) is 5.90 Å². The number of amides is 1. The van der Waals surface area contributed by atoms with Crippen molar-refractivity contribution >= 4 is 11.8 Å². The monoisotopic (exact) mass is 210 g/mol. The fourth-order valence-corrected chi connectivity index (χ4v) is 1.15. The number of nitrogens with two attached hydrogens (primary N) is 1. The number of methoxy groups -OCH3 is 1. The molecule has 1 rings (SSSR count). The molecule has 0 spiro atoms.